The van der Waals surface area contributed by atoms with Crippen molar-refractivity contribution in [1.29, 1.82) is 0 Å². The van der Waals surface area contributed by atoms with Gasteiger partial charge in [-0.05, 0) is 30.2 Å². The van der Waals surface area contributed by atoms with Gasteiger partial charge in [0.15, 0.2) is 0 Å². The SMILES string of the molecule is Cc1ccccc1NC(=O)/C=C/C(=O)NC1Cc2ccccc2NC1=O. The summed E-state index contributed by atoms with van der Waals surface area (Å²) in [4.78, 5) is 36.0. The van der Waals surface area contributed by atoms with Gasteiger partial charge >= 0.3 is 0 Å². The molecule has 2 aromatic rings. The number of nitrogens with one attached hydrogen (secondary N) is 3. The van der Waals surface area contributed by atoms with Crippen LogP contribution in [0.15, 0.2) is 60.7 Å². The number of aryl methyl sites for hydroxylation is 1. The van der Waals surface area contributed by atoms with Crippen LogP contribution in [0.25, 0.3) is 0 Å². The maximum Gasteiger partial charge on any atom is 0.248 e. The zero-order valence-corrected chi connectivity index (χ0v) is 14.3. The van der Waals surface area contributed by atoms with Gasteiger partial charge in [0.05, 0.1) is 0 Å². The molecule has 132 valence electrons. The highest BCUT2D eigenvalue weighted by molar-refractivity contribution is 6.05. The highest BCUT2D eigenvalue weighted by Crippen LogP contribution is 2.21. The van der Waals surface area contributed by atoms with Crippen molar-refractivity contribution < 1.29 is 14.4 Å². The number of anilines is 2. The minimum absolute atomic E-state index is 0.269. The first kappa shape index (κ1) is 17.4. The molecular formula is C20H19N3O3. The summed E-state index contributed by atoms with van der Waals surface area (Å²) in [5, 5.41) is 8.09. The fraction of sp³-hybridized carbons (Fsp3) is 0.150. The molecule has 26 heavy (non-hydrogen) atoms. The largest absolute Gasteiger partial charge is 0.340 e. The average Bonchev–Trinajstić information content (AvgIpc) is 2.62. The molecule has 1 heterocycles. The van der Waals surface area contributed by atoms with E-state index in [2.05, 4.69) is 16.0 Å². The zero-order valence-electron chi connectivity index (χ0n) is 14.3. The lowest BCUT2D eigenvalue weighted by molar-refractivity contribution is -0.124. The molecule has 0 aliphatic carbocycles. The van der Waals surface area contributed by atoms with Crippen LogP contribution in [0.4, 0.5) is 11.4 Å². The van der Waals surface area contributed by atoms with Crippen molar-refractivity contribution in [2.24, 2.45) is 0 Å². The molecular weight excluding hydrogens is 330 g/mol. The van der Waals surface area contributed by atoms with Crippen LogP contribution in [0, 0.1) is 6.92 Å². The summed E-state index contributed by atoms with van der Waals surface area (Å²) in [6.45, 7) is 1.88. The Labute approximate surface area is 151 Å². The van der Waals surface area contributed by atoms with Gasteiger partial charge in [0.2, 0.25) is 17.7 Å². The average molecular weight is 349 g/mol. The molecule has 1 unspecified atom stereocenters. The van der Waals surface area contributed by atoms with Crippen LogP contribution in [0.5, 0.6) is 0 Å². The molecule has 0 saturated heterocycles. The first-order valence-corrected chi connectivity index (χ1v) is 8.27. The van der Waals surface area contributed by atoms with Crippen molar-refractivity contribution in [3.63, 3.8) is 0 Å². The summed E-state index contributed by atoms with van der Waals surface area (Å²) < 4.78 is 0. The summed E-state index contributed by atoms with van der Waals surface area (Å²) in [7, 11) is 0. The minimum Gasteiger partial charge on any atom is -0.340 e. The smallest absolute Gasteiger partial charge is 0.248 e. The third-order valence-corrected chi connectivity index (χ3v) is 4.12. The van der Waals surface area contributed by atoms with E-state index >= 15 is 0 Å². The van der Waals surface area contributed by atoms with E-state index in [9.17, 15) is 14.4 Å². The molecule has 0 bridgehead atoms. The quantitative estimate of drug-likeness (QED) is 0.739. The van der Waals surface area contributed by atoms with Gasteiger partial charge in [-0.2, -0.15) is 0 Å². The van der Waals surface area contributed by atoms with E-state index < -0.39 is 17.9 Å². The van der Waals surface area contributed by atoms with Crippen LogP contribution >= 0.6 is 0 Å². The van der Waals surface area contributed by atoms with Gasteiger partial charge in [-0.1, -0.05) is 36.4 Å². The van der Waals surface area contributed by atoms with E-state index in [1.807, 2.05) is 49.4 Å². The summed E-state index contributed by atoms with van der Waals surface area (Å²) >= 11 is 0. The zero-order chi connectivity index (χ0) is 18.5. The van der Waals surface area contributed by atoms with Crippen molar-refractivity contribution in [2.75, 3.05) is 10.6 Å². The molecule has 0 spiro atoms. The number of carbonyl (C=O) groups is 3. The van der Waals surface area contributed by atoms with Crippen molar-refractivity contribution >= 4 is 29.1 Å². The van der Waals surface area contributed by atoms with Crippen molar-refractivity contribution in [2.45, 2.75) is 19.4 Å². The number of hydrogen-bond donors (Lipinski definition) is 3. The summed E-state index contributed by atoms with van der Waals surface area (Å²) in [6.07, 6.45) is 2.69. The Kier molecular flexibility index (Phi) is 5.12. The number of amides is 3. The first-order valence-electron chi connectivity index (χ1n) is 8.27. The predicted molar refractivity (Wildman–Crippen MR) is 99.7 cm³/mol. The van der Waals surface area contributed by atoms with Gasteiger partial charge in [0.1, 0.15) is 6.04 Å². The van der Waals surface area contributed by atoms with E-state index in [1.54, 1.807) is 6.07 Å². The Morgan fingerprint density at radius 2 is 1.73 bits per heavy atom. The Hall–Kier alpha value is -3.41. The van der Waals surface area contributed by atoms with Crippen LogP contribution in [0.3, 0.4) is 0 Å². The third kappa shape index (κ3) is 4.16. The molecule has 0 saturated carbocycles. The Morgan fingerprint density at radius 1 is 1.04 bits per heavy atom. The van der Waals surface area contributed by atoms with Crippen molar-refractivity contribution in [3.05, 3.63) is 71.8 Å². The second-order valence-corrected chi connectivity index (χ2v) is 6.05. The van der Waals surface area contributed by atoms with Crippen LogP contribution in [-0.2, 0) is 20.8 Å². The van der Waals surface area contributed by atoms with Gasteiger partial charge in [-0.25, -0.2) is 0 Å². The lowest BCUT2D eigenvalue weighted by Crippen LogP contribution is -2.47. The van der Waals surface area contributed by atoms with Crippen molar-refractivity contribution in [1.82, 2.24) is 5.32 Å². The number of para-hydroxylation sites is 2. The number of hydrogen-bond acceptors (Lipinski definition) is 3. The summed E-state index contributed by atoms with van der Waals surface area (Å²) in [6, 6.07) is 14.1. The molecule has 1 aliphatic heterocycles. The van der Waals surface area contributed by atoms with Crippen LogP contribution < -0.4 is 16.0 Å². The maximum absolute atomic E-state index is 12.1. The standard InChI is InChI=1S/C20H19N3O3/c1-13-6-2-4-8-15(13)21-18(24)10-11-19(25)22-17-12-14-7-3-5-9-16(14)23-20(17)26/h2-11,17H,12H2,1H3,(H,21,24)(H,22,25)(H,23,26)/b11-10+. The molecule has 3 N–H and O–H groups in total. The first-order chi connectivity index (χ1) is 12.5. The highest BCUT2D eigenvalue weighted by atomic mass is 16.2. The monoisotopic (exact) mass is 349 g/mol. The Balaban J connectivity index is 1.57. The second kappa shape index (κ2) is 7.65. The topological polar surface area (TPSA) is 87.3 Å². The minimum atomic E-state index is -0.665. The molecule has 0 radical (unpaired) electrons. The normalized spacial score (nSPS) is 15.9. The van der Waals surface area contributed by atoms with E-state index in [0.717, 1.165) is 29.0 Å². The van der Waals surface area contributed by atoms with Gasteiger partial charge in [0.25, 0.3) is 0 Å². The summed E-state index contributed by atoms with van der Waals surface area (Å²) in [5.74, 6) is -1.17. The predicted octanol–water partition coefficient (Wildman–Crippen LogP) is 2.17. The van der Waals surface area contributed by atoms with Gasteiger partial charge in [-0.15, -0.1) is 0 Å². The molecule has 3 rings (SSSR count). The number of benzene rings is 2. The van der Waals surface area contributed by atoms with Gasteiger partial charge in [0, 0.05) is 29.9 Å². The van der Waals surface area contributed by atoms with Crippen LogP contribution in [0.1, 0.15) is 11.1 Å². The molecule has 6 heteroatoms. The lowest BCUT2D eigenvalue weighted by Gasteiger charge is -2.24. The molecule has 2 aromatic carbocycles. The highest BCUT2D eigenvalue weighted by Gasteiger charge is 2.26. The van der Waals surface area contributed by atoms with Gasteiger partial charge in [-0.3, -0.25) is 14.4 Å². The van der Waals surface area contributed by atoms with E-state index in [1.165, 1.54) is 0 Å². The third-order valence-electron chi connectivity index (χ3n) is 4.12. The van der Waals surface area contributed by atoms with E-state index in [0.29, 0.717) is 12.1 Å². The molecule has 3 amide bonds. The number of rotatable bonds is 4. The number of fused-ring (bicyclic) bond motifs is 1. The lowest BCUT2D eigenvalue weighted by atomic mass is 9.99. The summed E-state index contributed by atoms with van der Waals surface area (Å²) in [5.41, 5.74) is 3.33. The Morgan fingerprint density at radius 3 is 2.54 bits per heavy atom. The Bertz CT molecular complexity index is 889. The molecule has 0 fully saturated rings. The molecule has 1 atom stereocenters. The van der Waals surface area contributed by atoms with Gasteiger partial charge < -0.3 is 16.0 Å². The second-order valence-electron chi connectivity index (χ2n) is 6.05. The maximum atomic E-state index is 12.1. The molecule has 1 aliphatic rings. The number of carbonyl (C=O) groups excluding carboxylic acids is 3. The van der Waals surface area contributed by atoms with Crippen molar-refractivity contribution in [3.8, 4) is 0 Å². The molecule has 0 aromatic heterocycles. The molecule has 6 nitrogen and oxygen atoms in total. The fourth-order valence-corrected chi connectivity index (χ4v) is 2.73. The van der Waals surface area contributed by atoms with E-state index in [-0.39, 0.29) is 5.91 Å². The van der Waals surface area contributed by atoms with Crippen LogP contribution in [0.2, 0.25) is 0 Å². The van der Waals surface area contributed by atoms with Crippen LogP contribution in [-0.4, -0.2) is 23.8 Å². The fourth-order valence-electron chi connectivity index (χ4n) is 2.73. The van der Waals surface area contributed by atoms with E-state index in [4.69, 9.17) is 0 Å².